The molecule has 106 valence electrons. The van der Waals surface area contributed by atoms with E-state index >= 15 is 0 Å². The van der Waals surface area contributed by atoms with E-state index in [-0.39, 0.29) is 5.91 Å². The molecular formula is C17H12N4O. The Bertz CT molecular complexity index is 814. The van der Waals surface area contributed by atoms with Gasteiger partial charge in [0, 0.05) is 0 Å². The fourth-order valence-electron chi connectivity index (χ4n) is 2.11. The average molecular weight is 288 g/mol. The van der Waals surface area contributed by atoms with Gasteiger partial charge in [-0.25, -0.2) is 4.99 Å². The van der Waals surface area contributed by atoms with E-state index in [4.69, 9.17) is 5.26 Å². The molecule has 5 heteroatoms. The summed E-state index contributed by atoms with van der Waals surface area (Å²) in [5.41, 5.74) is 2.76. The van der Waals surface area contributed by atoms with Crippen LogP contribution in [0.1, 0.15) is 12.5 Å². The zero-order valence-electron chi connectivity index (χ0n) is 11.9. The zero-order chi connectivity index (χ0) is 15.5. The van der Waals surface area contributed by atoms with Gasteiger partial charge in [-0.3, -0.25) is 4.79 Å². The van der Waals surface area contributed by atoms with Crippen molar-refractivity contribution in [1.82, 2.24) is 0 Å². The van der Waals surface area contributed by atoms with Gasteiger partial charge in [-0.2, -0.15) is 15.4 Å². The highest BCUT2D eigenvalue weighted by Crippen LogP contribution is 2.21. The lowest BCUT2D eigenvalue weighted by molar-refractivity contribution is -0.112. The van der Waals surface area contributed by atoms with Crippen molar-refractivity contribution in [1.29, 1.82) is 5.26 Å². The number of nitriles is 1. The Kier molecular flexibility index (Phi) is 3.50. The van der Waals surface area contributed by atoms with Gasteiger partial charge >= 0.3 is 0 Å². The van der Waals surface area contributed by atoms with Crippen molar-refractivity contribution in [2.45, 2.75) is 6.92 Å². The van der Waals surface area contributed by atoms with Crippen LogP contribution in [0.4, 0.5) is 11.4 Å². The molecule has 0 saturated carbocycles. The second-order valence-electron chi connectivity index (χ2n) is 4.76. The van der Waals surface area contributed by atoms with E-state index < -0.39 is 0 Å². The molecule has 2 aromatic carbocycles. The second-order valence-corrected chi connectivity index (χ2v) is 4.76. The van der Waals surface area contributed by atoms with Crippen LogP contribution in [0, 0.1) is 11.3 Å². The zero-order valence-corrected chi connectivity index (χ0v) is 11.9. The predicted octanol–water partition coefficient (Wildman–Crippen LogP) is 3.05. The number of carbonyl (C=O) groups excluding carboxylic acids is 1. The molecule has 0 bridgehead atoms. The molecule has 0 fully saturated rings. The van der Waals surface area contributed by atoms with E-state index in [0.717, 1.165) is 0 Å². The lowest BCUT2D eigenvalue weighted by atomic mass is 10.2. The van der Waals surface area contributed by atoms with Crippen molar-refractivity contribution >= 4 is 28.7 Å². The first-order valence-electron chi connectivity index (χ1n) is 6.73. The van der Waals surface area contributed by atoms with Crippen molar-refractivity contribution in [3.63, 3.8) is 0 Å². The Labute approximate surface area is 127 Å². The van der Waals surface area contributed by atoms with Crippen molar-refractivity contribution in [2.75, 3.05) is 5.01 Å². The number of aliphatic imine (C=N–C) groups is 1. The van der Waals surface area contributed by atoms with Crippen LogP contribution in [0.5, 0.6) is 0 Å². The summed E-state index contributed by atoms with van der Waals surface area (Å²) < 4.78 is 0. The van der Waals surface area contributed by atoms with Crippen LogP contribution in [0.25, 0.3) is 0 Å². The number of hydrazone groups is 1. The minimum atomic E-state index is -0.256. The van der Waals surface area contributed by atoms with Gasteiger partial charge in [0.05, 0.1) is 28.7 Å². The molecule has 1 aliphatic rings. The number of benzene rings is 2. The summed E-state index contributed by atoms with van der Waals surface area (Å²) in [6.45, 7) is 1.75. The number of amides is 1. The Hall–Kier alpha value is -3.26. The van der Waals surface area contributed by atoms with E-state index in [1.807, 2.05) is 36.4 Å². The Morgan fingerprint density at radius 2 is 1.77 bits per heavy atom. The molecule has 0 unspecified atom stereocenters. The van der Waals surface area contributed by atoms with Gasteiger partial charge in [0.1, 0.15) is 0 Å². The smallest absolute Gasteiger partial charge is 0.265 e. The molecule has 1 heterocycles. The molecule has 1 amide bonds. The summed E-state index contributed by atoms with van der Waals surface area (Å²) >= 11 is 0. The highest BCUT2D eigenvalue weighted by Gasteiger charge is 2.30. The van der Waals surface area contributed by atoms with Gasteiger partial charge in [-0.05, 0) is 43.3 Å². The molecular weight excluding hydrogens is 276 g/mol. The van der Waals surface area contributed by atoms with Crippen LogP contribution in [0.15, 0.2) is 64.7 Å². The molecule has 0 aromatic heterocycles. The van der Waals surface area contributed by atoms with Crippen molar-refractivity contribution in [2.24, 2.45) is 10.1 Å². The number of nitrogens with zero attached hydrogens (tertiary/aromatic N) is 4. The normalized spacial score (nSPS) is 15.8. The molecule has 3 rings (SSSR count). The molecule has 22 heavy (non-hydrogen) atoms. The Morgan fingerprint density at radius 1 is 1.09 bits per heavy atom. The van der Waals surface area contributed by atoms with E-state index in [0.29, 0.717) is 28.4 Å². The van der Waals surface area contributed by atoms with E-state index in [2.05, 4.69) is 10.1 Å². The summed E-state index contributed by atoms with van der Waals surface area (Å²) in [6.07, 6.45) is 0. The molecule has 0 aliphatic carbocycles. The van der Waals surface area contributed by atoms with Crippen molar-refractivity contribution in [3.8, 4) is 6.07 Å². The molecule has 1 aliphatic heterocycles. The van der Waals surface area contributed by atoms with Gasteiger partial charge in [-0.15, -0.1) is 0 Å². The SMILES string of the molecule is CC1=NN(c2ccccc2)C(=O)C1=Nc1ccc(C#N)cc1. The standard InChI is InChI=1S/C17H12N4O/c1-12-16(19-14-9-7-13(11-18)8-10-14)17(22)21(20-12)15-5-3-2-4-6-15/h2-10H,1H3. The quantitative estimate of drug-likeness (QED) is 0.852. The van der Waals surface area contributed by atoms with Gasteiger partial charge in [-0.1, -0.05) is 18.2 Å². The average Bonchev–Trinajstić information content (AvgIpc) is 2.84. The summed E-state index contributed by atoms with van der Waals surface area (Å²) in [5, 5.41) is 14.4. The summed E-state index contributed by atoms with van der Waals surface area (Å²) in [6, 6.07) is 18.0. The van der Waals surface area contributed by atoms with Crippen LogP contribution < -0.4 is 5.01 Å². The first kappa shape index (κ1) is 13.7. The van der Waals surface area contributed by atoms with E-state index in [1.165, 1.54) is 5.01 Å². The summed E-state index contributed by atoms with van der Waals surface area (Å²) in [5.74, 6) is -0.256. The maximum absolute atomic E-state index is 12.5. The lowest BCUT2D eigenvalue weighted by Crippen LogP contribution is -2.26. The highest BCUT2D eigenvalue weighted by atomic mass is 16.2. The minimum absolute atomic E-state index is 0.256. The molecule has 0 saturated heterocycles. The lowest BCUT2D eigenvalue weighted by Gasteiger charge is -2.10. The fourth-order valence-corrected chi connectivity index (χ4v) is 2.11. The third-order valence-corrected chi connectivity index (χ3v) is 3.23. The predicted molar refractivity (Wildman–Crippen MR) is 85.3 cm³/mol. The Balaban J connectivity index is 1.92. The number of para-hydroxylation sites is 1. The first-order valence-corrected chi connectivity index (χ1v) is 6.73. The van der Waals surface area contributed by atoms with Crippen LogP contribution in [0.3, 0.4) is 0 Å². The van der Waals surface area contributed by atoms with Gasteiger partial charge in [0.25, 0.3) is 5.91 Å². The third kappa shape index (κ3) is 2.50. The summed E-state index contributed by atoms with van der Waals surface area (Å²) in [7, 11) is 0. The monoisotopic (exact) mass is 288 g/mol. The molecule has 0 N–H and O–H groups in total. The fraction of sp³-hybridized carbons (Fsp3) is 0.0588. The molecule has 2 aromatic rings. The molecule has 0 radical (unpaired) electrons. The van der Waals surface area contributed by atoms with Crippen LogP contribution >= 0.6 is 0 Å². The number of hydrogen-bond donors (Lipinski definition) is 0. The molecule has 0 spiro atoms. The van der Waals surface area contributed by atoms with E-state index in [9.17, 15) is 4.79 Å². The van der Waals surface area contributed by atoms with Crippen LogP contribution in [-0.2, 0) is 4.79 Å². The van der Waals surface area contributed by atoms with Crippen molar-refractivity contribution < 1.29 is 4.79 Å². The minimum Gasteiger partial charge on any atom is -0.265 e. The van der Waals surface area contributed by atoms with Crippen LogP contribution in [0.2, 0.25) is 0 Å². The van der Waals surface area contributed by atoms with Crippen LogP contribution in [-0.4, -0.2) is 17.3 Å². The van der Waals surface area contributed by atoms with Gasteiger partial charge in [0.2, 0.25) is 0 Å². The highest BCUT2D eigenvalue weighted by molar-refractivity contribution is 6.71. The molecule has 5 nitrogen and oxygen atoms in total. The largest absolute Gasteiger partial charge is 0.299 e. The summed E-state index contributed by atoms with van der Waals surface area (Å²) in [4.78, 5) is 16.8. The van der Waals surface area contributed by atoms with Gasteiger partial charge in [0.15, 0.2) is 5.71 Å². The first-order chi connectivity index (χ1) is 10.7. The second kappa shape index (κ2) is 5.62. The number of hydrogen-bond acceptors (Lipinski definition) is 4. The number of rotatable bonds is 2. The molecule has 0 atom stereocenters. The number of carbonyl (C=O) groups is 1. The maximum atomic E-state index is 12.5. The van der Waals surface area contributed by atoms with E-state index in [1.54, 1.807) is 31.2 Å². The number of anilines is 1. The third-order valence-electron chi connectivity index (χ3n) is 3.23. The maximum Gasteiger partial charge on any atom is 0.299 e. The van der Waals surface area contributed by atoms with Crippen molar-refractivity contribution in [3.05, 3.63) is 60.2 Å². The van der Waals surface area contributed by atoms with Gasteiger partial charge < -0.3 is 0 Å². The topological polar surface area (TPSA) is 68.8 Å². The Morgan fingerprint density at radius 3 is 2.41 bits per heavy atom.